The lowest BCUT2D eigenvalue weighted by atomic mass is 10.00. The van der Waals surface area contributed by atoms with Gasteiger partial charge in [-0.05, 0) is 37.0 Å². The number of hydrogen-bond donors (Lipinski definition) is 0. The molecule has 0 heterocycles. The van der Waals surface area contributed by atoms with E-state index < -0.39 is 6.10 Å². The van der Waals surface area contributed by atoms with Crippen LogP contribution in [0.3, 0.4) is 0 Å². The Labute approximate surface area is 361 Å². The second-order valence-corrected chi connectivity index (χ2v) is 19.0. The summed E-state index contributed by atoms with van der Waals surface area (Å²) in [5.74, 6) is 1.62. The summed E-state index contributed by atoms with van der Waals surface area (Å²) in [5, 5.41) is 0. The van der Waals surface area contributed by atoms with Crippen molar-refractivity contribution in [1.82, 2.24) is 0 Å². The molecular formula is C52H100O6. The molecule has 0 aromatic carbocycles. The minimum atomic E-state index is -0.763. The number of esters is 3. The number of unbranched alkanes of at least 4 members (excludes halogenated alkanes) is 27. The van der Waals surface area contributed by atoms with Crippen LogP contribution in [-0.4, -0.2) is 37.2 Å². The third-order valence-corrected chi connectivity index (χ3v) is 12.0. The fourth-order valence-corrected chi connectivity index (χ4v) is 7.73. The largest absolute Gasteiger partial charge is 0.462 e. The maximum Gasteiger partial charge on any atom is 0.306 e. The van der Waals surface area contributed by atoms with Crippen molar-refractivity contribution in [3.05, 3.63) is 0 Å². The summed E-state index contributed by atoms with van der Waals surface area (Å²) in [6.07, 6.45) is 42.3. The van der Waals surface area contributed by atoms with Crippen LogP contribution in [0.5, 0.6) is 0 Å². The molecule has 0 spiro atoms. The van der Waals surface area contributed by atoms with Crippen LogP contribution in [0.4, 0.5) is 0 Å². The molecule has 0 N–H and O–H groups in total. The van der Waals surface area contributed by atoms with Gasteiger partial charge in [0.2, 0.25) is 0 Å². The second kappa shape index (κ2) is 43.5. The first-order valence-electron chi connectivity index (χ1n) is 25.6. The van der Waals surface area contributed by atoms with E-state index in [0.29, 0.717) is 19.3 Å². The van der Waals surface area contributed by atoms with Crippen LogP contribution in [0.15, 0.2) is 0 Å². The summed E-state index contributed by atoms with van der Waals surface area (Å²) in [5.41, 5.74) is 0. The molecule has 6 heteroatoms. The first-order chi connectivity index (χ1) is 28.1. The summed E-state index contributed by atoms with van der Waals surface area (Å²) < 4.78 is 16.8. The average molecular weight is 821 g/mol. The van der Waals surface area contributed by atoms with Crippen LogP contribution < -0.4 is 0 Å². The van der Waals surface area contributed by atoms with Crippen molar-refractivity contribution in [3.63, 3.8) is 0 Å². The van der Waals surface area contributed by atoms with E-state index in [-0.39, 0.29) is 31.1 Å². The Morgan fingerprint density at radius 1 is 0.345 bits per heavy atom. The van der Waals surface area contributed by atoms with Gasteiger partial charge in [-0.25, -0.2) is 0 Å². The predicted molar refractivity (Wildman–Crippen MR) is 247 cm³/mol. The molecule has 58 heavy (non-hydrogen) atoms. The summed E-state index contributed by atoms with van der Waals surface area (Å²) >= 11 is 0. The fourth-order valence-electron chi connectivity index (χ4n) is 7.73. The lowest BCUT2D eigenvalue weighted by molar-refractivity contribution is -0.167. The fraction of sp³-hybridized carbons (Fsp3) is 0.942. The van der Waals surface area contributed by atoms with Gasteiger partial charge in [-0.1, -0.05) is 241 Å². The van der Waals surface area contributed by atoms with E-state index in [2.05, 4.69) is 41.5 Å². The van der Waals surface area contributed by atoms with Crippen molar-refractivity contribution >= 4 is 17.9 Å². The van der Waals surface area contributed by atoms with Gasteiger partial charge >= 0.3 is 17.9 Å². The highest BCUT2D eigenvalue weighted by atomic mass is 16.6. The van der Waals surface area contributed by atoms with Crippen LogP contribution in [0.1, 0.15) is 279 Å². The molecule has 0 fully saturated rings. The molecular weight excluding hydrogens is 721 g/mol. The number of rotatable bonds is 45. The third kappa shape index (κ3) is 44.0. The van der Waals surface area contributed by atoms with Gasteiger partial charge in [0, 0.05) is 19.3 Å². The van der Waals surface area contributed by atoms with Gasteiger partial charge in [-0.2, -0.15) is 0 Å². The number of carbonyl (C=O) groups is 3. The van der Waals surface area contributed by atoms with Gasteiger partial charge in [-0.15, -0.1) is 0 Å². The molecule has 0 bridgehead atoms. The van der Waals surface area contributed by atoms with Gasteiger partial charge in [0.1, 0.15) is 13.2 Å². The van der Waals surface area contributed by atoms with Crippen LogP contribution in [-0.2, 0) is 28.6 Å². The summed E-state index contributed by atoms with van der Waals surface area (Å²) in [4.78, 5) is 37.9. The molecule has 344 valence electrons. The van der Waals surface area contributed by atoms with Crippen molar-refractivity contribution in [2.24, 2.45) is 17.8 Å². The van der Waals surface area contributed by atoms with Gasteiger partial charge in [0.25, 0.3) is 0 Å². The number of ether oxygens (including phenoxy) is 3. The lowest BCUT2D eigenvalue weighted by Gasteiger charge is -2.18. The van der Waals surface area contributed by atoms with E-state index in [0.717, 1.165) is 75.5 Å². The van der Waals surface area contributed by atoms with Gasteiger partial charge in [0.05, 0.1) is 0 Å². The SMILES string of the molecule is CCC(C)CCCCCCCCC(=O)OC[C@@H](COC(=O)CCCCCCCCCCCCCC(C)C)OC(=O)CCCCCCCCCCCCCCCC(C)C. The molecule has 0 amide bonds. The summed E-state index contributed by atoms with van der Waals surface area (Å²) in [7, 11) is 0. The zero-order valence-corrected chi connectivity index (χ0v) is 39.8. The van der Waals surface area contributed by atoms with E-state index in [1.165, 1.54) is 161 Å². The Morgan fingerprint density at radius 2 is 0.603 bits per heavy atom. The first kappa shape index (κ1) is 56.4. The first-order valence-corrected chi connectivity index (χ1v) is 25.6. The van der Waals surface area contributed by atoms with E-state index in [1.54, 1.807) is 0 Å². The highest BCUT2D eigenvalue weighted by molar-refractivity contribution is 5.71. The van der Waals surface area contributed by atoms with Crippen LogP contribution in [0.25, 0.3) is 0 Å². The summed E-state index contributed by atoms with van der Waals surface area (Å²) in [6.45, 7) is 13.7. The Balaban J connectivity index is 4.31. The second-order valence-electron chi connectivity index (χ2n) is 19.0. The van der Waals surface area contributed by atoms with Crippen LogP contribution >= 0.6 is 0 Å². The normalized spacial score (nSPS) is 12.6. The van der Waals surface area contributed by atoms with E-state index in [9.17, 15) is 14.4 Å². The predicted octanol–water partition coefficient (Wildman–Crippen LogP) is 16.4. The molecule has 6 nitrogen and oxygen atoms in total. The molecule has 0 aliphatic carbocycles. The topological polar surface area (TPSA) is 78.9 Å². The Bertz CT molecular complexity index is 900. The van der Waals surface area contributed by atoms with Crippen molar-refractivity contribution in [2.45, 2.75) is 285 Å². The zero-order chi connectivity index (χ0) is 42.7. The Morgan fingerprint density at radius 3 is 0.897 bits per heavy atom. The number of hydrogen-bond acceptors (Lipinski definition) is 6. The standard InChI is InChI=1S/C52H100O6/c1-7-48(6)40-34-28-24-25-30-36-42-51(54)57-45-49(44-56-50(53)41-35-29-22-18-15-11-13-17-21-27-33-39-47(4)5)58-52(55)43-37-31-23-19-14-10-8-9-12-16-20-26-32-38-46(2)3/h46-49H,7-45H2,1-6H3/t48?,49-/m1/s1. The maximum atomic E-state index is 12.8. The molecule has 2 atom stereocenters. The zero-order valence-electron chi connectivity index (χ0n) is 39.8. The molecule has 0 aliphatic heterocycles. The van der Waals surface area contributed by atoms with Crippen molar-refractivity contribution in [3.8, 4) is 0 Å². The maximum absolute atomic E-state index is 12.8. The monoisotopic (exact) mass is 821 g/mol. The minimum Gasteiger partial charge on any atom is -0.462 e. The highest BCUT2D eigenvalue weighted by Crippen LogP contribution is 2.18. The minimum absolute atomic E-state index is 0.0654. The highest BCUT2D eigenvalue weighted by Gasteiger charge is 2.19. The van der Waals surface area contributed by atoms with Crippen LogP contribution in [0.2, 0.25) is 0 Å². The van der Waals surface area contributed by atoms with Crippen LogP contribution in [0, 0.1) is 17.8 Å². The molecule has 1 unspecified atom stereocenters. The smallest absolute Gasteiger partial charge is 0.306 e. The van der Waals surface area contributed by atoms with Crippen molar-refractivity contribution in [1.29, 1.82) is 0 Å². The number of carbonyl (C=O) groups excluding carboxylic acids is 3. The van der Waals surface area contributed by atoms with E-state index >= 15 is 0 Å². The van der Waals surface area contributed by atoms with Crippen molar-refractivity contribution < 1.29 is 28.6 Å². The Hall–Kier alpha value is -1.59. The van der Waals surface area contributed by atoms with Crippen molar-refractivity contribution in [2.75, 3.05) is 13.2 Å². The quantitative estimate of drug-likeness (QED) is 0.0346. The van der Waals surface area contributed by atoms with E-state index in [4.69, 9.17) is 14.2 Å². The molecule has 0 saturated carbocycles. The molecule has 0 aliphatic rings. The average Bonchev–Trinajstić information content (AvgIpc) is 3.19. The third-order valence-electron chi connectivity index (χ3n) is 12.0. The summed E-state index contributed by atoms with van der Waals surface area (Å²) in [6, 6.07) is 0. The molecule has 0 radical (unpaired) electrons. The van der Waals surface area contributed by atoms with Gasteiger partial charge in [-0.3, -0.25) is 14.4 Å². The van der Waals surface area contributed by atoms with Gasteiger partial charge < -0.3 is 14.2 Å². The lowest BCUT2D eigenvalue weighted by Crippen LogP contribution is -2.30. The molecule has 0 aromatic heterocycles. The van der Waals surface area contributed by atoms with E-state index in [1.807, 2.05) is 0 Å². The van der Waals surface area contributed by atoms with Gasteiger partial charge in [0.15, 0.2) is 6.10 Å². The molecule has 0 aromatic rings. The molecule has 0 rings (SSSR count). The molecule has 0 saturated heterocycles. The Kier molecular flexibility index (Phi) is 42.3.